The second-order valence-corrected chi connectivity index (χ2v) is 4.36. The third-order valence-electron chi connectivity index (χ3n) is 2.69. The summed E-state index contributed by atoms with van der Waals surface area (Å²) >= 11 is 0. The van der Waals surface area contributed by atoms with Crippen LogP contribution in [-0.2, 0) is 0 Å². The Hall–Kier alpha value is -1.16. The third-order valence-corrected chi connectivity index (χ3v) is 2.69. The summed E-state index contributed by atoms with van der Waals surface area (Å²) < 4.78 is 0. The summed E-state index contributed by atoms with van der Waals surface area (Å²) in [5.74, 6) is 0.829. The number of nitrogens with zero attached hydrogens (tertiary/aromatic N) is 3. The Morgan fingerprint density at radius 1 is 1.20 bits per heavy atom. The van der Waals surface area contributed by atoms with E-state index in [9.17, 15) is 0 Å². The Bertz CT molecular complexity index is 312. The molecule has 1 fully saturated rings. The van der Waals surface area contributed by atoms with Crippen LogP contribution in [0.3, 0.4) is 0 Å². The van der Waals surface area contributed by atoms with Gasteiger partial charge in [0.15, 0.2) is 0 Å². The van der Waals surface area contributed by atoms with E-state index >= 15 is 0 Å². The number of piperazine rings is 1. The molecule has 2 heterocycles. The molecule has 82 valence electrons. The van der Waals surface area contributed by atoms with E-state index in [1.165, 1.54) is 0 Å². The van der Waals surface area contributed by atoms with Gasteiger partial charge >= 0.3 is 0 Å². The number of nitrogens with one attached hydrogen (secondary N) is 1. The van der Waals surface area contributed by atoms with Gasteiger partial charge in [-0.1, -0.05) is 0 Å². The smallest absolute Gasteiger partial charge is 0.125 e. The molecule has 2 rings (SSSR count). The number of rotatable bonds is 1. The zero-order valence-corrected chi connectivity index (χ0v) is 9.57. The fourth-order valence-corrected chi connectivity index (χ4v) is 2.09. The molecule has 1 saturated heterocycles. The maximum Gasteiger partial charge on any atom is 0.125 e. The van der Waals surface area contributed by atoms with Crippen molar-refractivity contribution in [2.24, 2.45) is 0 Å². The van der Waals surface area contributed by atoms with Crippen molar-refractivity contribution in [2.75, 3.05) is 18.0 Å². The summed E-state index contributed by atoms with van der Waals surface area (Å²) in [7, 11) is 0. The van der Waals surface area contributed by atoms with Gasteiger partial charge in [-0.25, -0.2) is 9.97 Å². The van der Waals surface area contributed by atoms with Gasteiger partial charge in [0, 0.05) is 25.2 Å². The van der Waals surface area contributed by atoms with Crippen molar-refractivity contribution >= 4 is 5.69 Å². The highest BCUT2D eigenvalue weighted by Crippen LogP contribution is 2.15. The molecule has 0 aromatic carbocycles. The minimum atomic E-state index is 0.523. The lowest BCUT2D eigenvalue weighted by molar-refractivity contribution is 0.406. The average Bonchev–Trinajstić information content (AvgIpc) is 2.17. The van der Waals surface area contributed by atoms with Crippen LogP contribution in [0.1, 0.15) is 19.7 Å². The molecule has 0 radical (unpaired) electrons. The predicted octanol–water partition coefficient (Wildman–Crippen LogP) is 0.972. The monoisotopic (exact) mass is 206 g/mol. The van der Waals surface area contributed by atoms with Crippen molar-refractivity contribution in [1.29, 1.82) is 0 Å². The maximum absolute atomic E-state index is 4.23. The average molecular weight is 206 g/mol. The molecule has 1 N–H and O–H groups in total. The van der Waals surface area contributed by atoms with Crippen LogP contribution in [0.15, 0.2) is 12.4 Å². The first-order valence-electron chi connectivity index (χ1n) is 5.45. The third kappa shape index (κ3) is 2.45. The number of aromatic nitrogens is 2. The van der Waals surface area contributed by atoms with Crippen molar-refractivity contribution in [3.8, 4) is 0 Å². The molecule has 1 aromatic rings. The van der Waals surface area contributed by atoms with E-state index in [1.54, 1.807) is 0 Å². The van der Waals surface area contributed by atoms with Gasteiger partial charge in [-0.2, -0.15) is 0 Å². The Morgan fingerprint density at radius 3 is 2.27 bits per heavy atom. The van der Waals surface area contributed by atoms with Gasteiger partial charge in [0.2, 0.25) is 0 Å². The van der Waals surface area contributed by atoms with Crippen LogP contribution in [0.5, 0.6) is 0 Å². The molecule has 0 spiro atoms. The zero-order valence-electron chi connectivity index (χ0n) is 9.57. The summed E-state index contributed by atoms with van der Waals surface area (Å²) in [6.45, 7) is 8.37. The number of hydrogen-bond donors (Lipinski definition) is 1. The van der Waals surface area contributed by atoms with E-state index in [-0.39, 0.29) is 0 Å². The van der Waals surface area contributed by atoms with Crippen LogP contribution in [0, 0.1) is 6.92 Å². The highest BCUT2D eigenvalue weighted by Gasteiger charge is 2.21. The summed E-state index contributed by atoms with van der Waals surface area (Å²) in [6.07, 6.45) is 3.82. The Balaban J connectivity index is 2.12. The van der Waals surface area contributed by atoms with Gasteiger partial charge < -0.3 is 10.2 Å². The molecule has 1 aliphatic heterocycles. The number of aryl methyl sites for hydroxylation is 1. The van der Waals surface area contributed by atoms with Crippen molar-refractivity contribution < 1.29 is 0 Å². The minimum absolute atomic E-state index is 0.523. The molecule has 0 bridgehead atoms. The van der Waals surface area contributed by atoms with E-state index in [0.717, 1.165) is 24.6 Å². The molecule has 15 heavy (non-hydrogen) atoms. The van der Waals surface area contributed by atoms with E-state index < -0.39 is 0 Å². The first-order valence-corrected chi connectivity index (χ1v) is 5.45. The minimum Gasteiger partial charge on any atom is -0.366 e. The summed E-state index contributed by atoms with van der Waals surface area (Å²) in [6, 6.07) is 1.05. The number of anilines is 1. The van der Waals surface area contributed by atoms with E-state index in [2.05, 4.69) is 34.0 Å². The van der Waals surface area contributed by atoms with Crippen LogP contribution < -0.4 is 10.2 Å². The highest BCUT2D eigenvalue weighted by molar-refractivity contribution is 5.43. The molecular weight excluding hydrogens is 188 g/mol. The molecule has 0 amide bonds. The Labute approximate surface area is 90.7 Å². The molecule has 4 heteroatoms. The molecule has 0 unspecified atom stereocenters. The fraction of sp³-hybridized carbons (Fsp3) is 0.636. The highest BCUT2D eigenvalue weighted by atomic mass is 15.2. The lowest BCUT2D eigenvalue weighted by atomic mass is 10.1. The molecule has 0 saturated carbocycles. The maximum atomic E-state index is 4.23. The van der Waals surface area contributed by atoms with Crippen molar-refractivity contribution in [1.82, 2.24) is 15.3 Å². The molecule has 1 aliphatic rings. The normalized spacial score (nSPS) is 26.7. The van der Waals surface area contributed by atoms with Gasteiger partial charge in [0.25, 0.3) is 0 Å². The zero-order chi connectivity index (χ0) is 10.8. The van der Waals surface area contributed by atoms with Crippen LogP contribution in [0.2, 0.25) is 0 Å². The SMILES string of the molecule is Cc1ncc(N2C[C@@H](C)N[C@@H](C)C2)cn1. The van der Waals surface area contributed by atoms with Gasteiger partial charge in [-0.15, -0.1) is 0 Å². The quantitative estimate of drug-likeness (QED) is 0.743. The van der Waals surface area contributed by atoms with E-state index in [0.29, 0.717) is 12.1 Å². The summed E-state index contributed by atoms with van der Waals surface area (Å²) in [5, 5.41) is 3.51. The van der Waals surface area contributed by atoms with E-state index in [4.69, 9.17) is 0 Å². The predicted molar refractivity (Wildman–Crippen MR) is 61.0 cm³/mol. The topological polar surface area (TPSA) is 41.1 Å². The second-order valence-electron chi connectivity index (χ2n) is 4.36. The van der Waals surface area contributed by atoms with Gasteiger partial charge in [0.1, 0.15) is 5.82 Å². The van der Waals surface area contributed by atoms with E-state index in [1.807, 2.05) is 19.3 Å². The summed E-state index contributed by atoms with van der Waals surface area (Å²) in [5.41, 5.74) is 1.13. The fourth-order valence-electron chi connectivity index (χ4n) is 2.09. The summed E-state index contributed by atoms with van der Waals surface area (Å²) in [4.78, 5) is 10.8. The lowest BCUT2D eigenvalue weighted by Gasteiger charge is -2.37. The largest absolute Gasteiger partial charge is 0.366 e. The standard InChI is InChI=1S/C11H18N4/c1-8-6-15(7-9(2)14-8)11-4-12-10(3)13-5-11/h4-5,8-9,14H,6-7H2,1-3H3/t8-,9+. The Kier molecular flexibility index (Phi) is 2.86. The van der Waals surface area contributed by atoms with Crippen LogP contribution in [-0.4, -0.2) is 35.1 Å². The van der Waals surface area contributed by atoms with Gasteiger partial charge in [-0.05, 0) is 20.8 Å². The van der Waals surface area contributed by atoms with Crippen molar-refractivity contribution in [3.63, 3.8) is 0 Å². The van der Waals surface area contributed by atoms with Crippen molar-refractivity contribution in [2.45, 2.75) is 32.9 Å². The molecular formula is C11H18N4. The first-order chi connectivity index (χ1) is 7.15. The van der Waals surface area contributed by atoms with Crippen LogP contribution in [0.4, 0.5) is 5.69 Å². The molecule has 4 nitrogen and oxygen atoms in total. The van der Waals surface area contributed by atoms with Crippen LogP contribution in [0.25, 0.3) is 0 Å². The lowest BCUT2D eigenvalue weighted by Crippen LogP contribution is -2.54. The molecule has 0 aliphatic carbocycles. The van der Waals surface area contributed by atoms with Gasteiger partial charge in [0.05, 0.1) is 18.1 Å². The second kappa shape index (κ2) is 4.14. The Morgan fingerprint density at radius 2 is 1.73 bits per heavy atom. The first kappa shape index (κ1) is 10.4. The molecule has 2 atom stereocenters. The number of hydrogen-bond acceptors (Lipinski definition) is 4. The van der Waals surface area contributed by atoms with Crippen LogP contribution >= 0.6 is 0 Å². The van der Waals surface area contributed by atoms with Gasteiger partial charge in [-0.3, -0.25) is 0 Å². The molecule has 1 aromatic heterocycles. The van der Waals surface area contributed by atoms with Crippen molar-refractivity contribution in [3.05, 3.63) is 18.2 Å².